The van der Waals surface area contributed by atoms with Crippen LogP contribution in [0.25, 0.3) is 0 Å². The Morgan fingerprint density at radius 3 is 2.35 bits per heavy atom. The van der Waals surface area contributed by atoms with E-state index in [9.17, 15) is 4.79 Å². The summed E-state index contributed by atoms with van der Waals surface area (Å²) in [5.74, 6) is 1.26. The van der Waals surface area contributed by atoms with Gasteiger partial charge >= 0.3 is 5.97 Å². The number of likely N-dealkylation sites (tertiary alicyclic amines) is 1. The molecule has 11 nitrogen and oxygen atoms in total. The summed E-state index contributed by atoms with van der Waals surface area (Å²) in [6.45, 7) is 6.52. The van der Waals surface area contributed by atoms with E-state index < -0.39 is 23.3 Å². The highest BCUT2D eigenvalue weighted by Crippen LogP contribution is 2.82. The van der Waals surface area contributed by atoms with Crippen LogP contribution in [0.15, 0.2) is 12.1 Å². The smallest absolute Gasteiger partial charge is 0.338 e. The van der Waals surface area contributed by atoms with E-state index >= 15 is 0 Å². The van der Waals surface area contributed by atoms with E-state index in [0.29, 0.717) is 29.2 Å². The number of benzene rings is 1. The lowest BCUT2D eigenvalue weighted by Crippen LogP contribution is -2.81. The fraction of sp³-hybridized carbons (Fsp3) is 0.800. The molecule has 254 valence electrons. The van der Waals surface area contributed by atoms with Crippen LogP contribution in [0.5, 0.6) is 17.2 Å². The van der Waals surface area contributed by atoms with Gasteiger partial charge in [-0.25, -0.2) is 4.79 Å². The summed E-state index contributed by atoms with van der Waals surface area (Å²) in [7, 11) is 10.1. The van der Waals surface area contributed by atoms with Gasteiger partial charge in [0, 0.05) is 57.5 Å². The SMILES string of the molecule is CCN1C[C@]2(C)CC[C@H](OC)[C@@]34[C@@H]5C[C@H]6[C@H](OC)[C@@H]5[C@@]5(C[C@@H]6OC)OCO[C@@]5([C@@H](OC(=O)c5cc(OC)c(OC)c(OC)c5)[C@H]23)[C@@H]14. The van der Waals surface area contributed by atoms with Gasteiger partial charge in [0.05, 0.1) is 51.2 Å². The first-order valence-electron chi connectivity index (χ1n) is 16.8. The van der Waals surface area contributed by atoms with Crippen molar-refractivity contribution in [3.63, 3.8) is 0 Å². The number of carbonyl (C=O) groups excluding carboxylic acids is 1. The molecule has 2 aliphatic heterocycles. The molecule has 2 heterocycles. The lowest BCUT2D eigenvalue weighted by Gasteiger charge is -2.69. The zero-order valence-corrected chi connectivity index (χ0v) is 28.3. The Kier molecular flexibility index (Phi) is 7.06. The van der Waals surface area contributed by atoms with Gasteiger partial charge in [-0.15, -0.1) is 0 Å². The van der Waals surface area contributed by atoms with Crippen molar-refractivity contribution in [3.05, 3.63) is 17.7 Å². The highest BCUT2D eigenvalue weighted by atomic mass is 16.7. The summed E-state index contributed by atoms with van der Waals surface area (Å²) in [6.07, 6.45) is 2.79. The Morgan fingerprint density at radius 2 is 1.74 bits per heavy atom. The van der Waals surface area contributed by atoms with Gasteiger partial charge in [0.15, 0.2) is 17.1 Å². The highest BCUT2D eigenvalue weighted by Gasteiger charge is 2.94. The molecule has 13 atom stereocenters. The van der Waals surface area contributed by atoms with Crippen molar-refractivity contribution < 1.29 is 47.4 Å². The Bertz CT molecular complexity index is 1380. The quantitative estimate of drug-likeness (QED) is 0.369. The van der Waals surface area contributed by atoms with E-state index in [1.807, 2.05) is 14.2 Å². The van der Waals surface area contributed by atoms with E-state index in [1.165, 1.54) is 0 Å². The Hall–Kier alpha value is -2.15. The third-order valence-electron chi connectivity index (χ3n) is 13.9. The second-order valence-corrected chi connectivity index (χ2v) is 14.9. The van der Waals surface area contributed by atoms with Crippen LogP contribution in [0, 0.1) is 34.5 Å². The minimum Gasteiger partial charge on any atom is -0.493 e. The molecule has 0 N–H and O–H groups in total. The van der Waals surface area contributed by atoms with Crippen molar-refractivity contribution in [2.75, 3.05) is 62.5 Å². The monoisotopic (exact) mass is 643 g/mol. The van der Waals surface area contributed by atoms with Crippen LogP contribution in [-0.2, 0) is 28.4 Å². The van der Waals surface area contributed by atoms with Gasteiger partial charge < -0.3 is 42.6 Å². The van der Waals surface area contributed by atoms with Crippen LogP contribution in [-0.4, -0.2) is 115 Å². The molecule has 5 aliphatic carbocycles. The lowest BCUT2D eigenvalue weighted by atomic mass is 9.43. The first-order valence-corrected chi connectivity index (χ1v) is 16.8. The molecule has 46 heavy (non-hydrogen) atoms. The number of methoxy groups -OCH3 is 6. The standard InChI is InChI=1S/C35H49NO10/c1-9-36-16-32(2)11-10-24(41-6)34-20-14-19-23(40-5)15-33(25(20)26(19)42-7)35(31(34)36,45-17-44-33)29(28(32)34)46-30(37)18-12-21(38-3)27(43-8)22(13-18)39-4/h12-13,19-20,23-26,28-29,31H,9-11,14-17H2,1-8H3/t19-,20-,23+,24+,25-,26+,28-,29+,31+,32+,33-,34+,35+/m1/s1. The largest absolute Gasteiger partial charge is 0.493 e. The van der Waals surface area contributed by atoms with E-state index in [0.717, 1.165) is 32.4 Å². The van der Waals surface area contributed by atoms with Crippen molar-refractivity contribution in [3.8, 4) is 17.2 Å². The summed E-state index contributed by atoms with van der Waals surface area (Å²) < 4.78 is 57.1. The average molecular weight is 644 g/mol. The van der Waals surface area contributed by atoms with E-state index in [2.05, 4.69) is 18.7 Å². The summed E-state index contributed by atoms with van der Waals surface area (Å²) in [6, 6.07) is 3.26. The number of likely N-dealkylation sites (N-methyl/N-ethyl adjacent to an activating group) is 1. The Balaban J connectivity index is 1.36. The lowest BCUT2D eigenvalue weighted by molar-refractivity contribution is -0.282. The number of rotatable bonds is 9. The Labute approximate surface area is 271 Å². The molecule has 3 spiro atoms. The molecule has 11 heteroatoms. The summed E-state index contributed by atoms with van der Waals surface area (Å²) in [5.41, 5.74) is -1.87. The summed E-state index contributed by atoms with van der Waals surface area (Å²) in [4.78, 5) is 17.2. The second kappa shape index (κ2) is 10.4. The van der Waals surface area contributed by atoms with Crippen LogP contribution in [0.1, 0.15) is 49.9 Å². The molecule has 0 unspecified atom stereocenters. The van der Waals surface area contributed by atoms with Crippen molar-refractivity contribution in [2.24, 2.45) is 34.5 Å². The van der Waals surface area contributed by atoms with Crippen LogP contribution in [0.3, 0.4) is 0 Å². The number of ether oxygens (including phenoxy) is 9. The molecule has 2 saturated heterocycles. The van der Waals surface area contributed by atoms with Crippen LogP contribution < -0.4 is 14.2 Å². The van der Waals surface area contributed by atoms with Gasteiger partial charge in [-0.3, -0.25) is 4.90 Å². The molecule has 7 bridgehead atoms. The van der Waals surface area contributed by atoms with Gasteiger partial charge in [0.2, 0.25) is 5.75 Å². The number of hydrogen-bond acceptors (Lipinski definition) is 11. The van der Waals surface area contributed by atoms with Crippen molar-refractivity contribution >= 4 is 5.97 Å². The van der Waals surface area contributed by atoms with Gasteiger partial charge in [-0.2, -0.15) is 0 Å². The normalized spacial score (nSPS) is 47.8. The molecule has 0 amide bonds. The van der Waals surface area contributed by atoms with Gasteiger partial charge in [-0.1, -0.05) is 13.8 Å². The number of hydrogen-bond donors (Lipinski definition) is 0. The maximum Gasteiger partial charge on any atom is 0.338 e. The maximum absolute atomic E-state index is 14.5. The predicted octanol–water partition coefficient (Wildman–Crippen LogP) is 3.55. The van der Waals surface area contributed by atoms with Gasteiger partial charge in [0.25, 0.3) is 0 Å². The molecule has 0 radical (unpaired) electrons. The topological polar surface area (TPSA) is 103 Å². The van der Waals surface area contributed by atoms with Crippen LogP contribution in [0.2, 0.25) is 0 Å². The van der Waals surface area contributed by atoms with Gasteiger partial charge in [0.1, 0.15) is 18.5 Å². The number of fused-ring (bicyclic) bond motifs is 1. The average Bonchev–Trinajstić information content (AvgIpc) is 3.66. The number of piperidine rings is 1. The first-order chi connectivity index (χ1) is 22.2. The second-order valence-electron chi connectivity index (χ2n) is 14.9. The van der Waals surface area contributed by atoms with E-state index in [-0.39, 0.29) is 65.6 Å². The van der Waals surface area contributed by atoms with Crippen LogP contribution in [0.4, 0.5) is 0 Å². The maximum atomic E-state index is 14.5. The first kappa shape index (κ1) is 31.1. The van der Waals surface area contributed by atoms with Crippen molar-refractivity contribution in [1.82, 2.24) is 4.90 Å². The molecular formula is C35H49NO10. The Morgan fingerprint density at radius 1 is 1.00 bits per heavy atom. The van der Waals surface area contributed by atoms with Crippen LogP contribution >= 0.6 is 0 Å². The third kappa shape index (κ3) is 3.33. The zero-order chi connectivity index (χ0) is 32.4. The number of carbonyl (C=O) groups is 1. The predicted molar refractivity (Wildman–Crippen MR) is 164 cm³/mol. The van der Waals surface area contributed by atoms with E-state index in [1.54, 1.807) is 40.6 Å². The third-order valence-corrected chi connectivity index (χ3v) is 13.9. The molecular weight excluding hydrogens is 594 g/mol. The zero-order valence-electron chi connectivity index (χ0n) is 28.3. The van der Waals surface area contributed by atoms with E-state index in [4.69, 9.17) is 42.6 Å². The minimum atomic E-state index is -0.951. The molecule has 0 aromatic heterocycles. The summed E-state index contributed by atoms with van der Waals surface area (Å²) in [5, 5.41) is 0. The van der Waals surface area contributed by atoms with Crippen molar-refractivity contribution in [2.45, 2.75) is 81.2 Å². The number of esters is 1. The molecule has 7 fully saturated rings. The van der Waals surface area contributed by atoms with Gasteiger partial charge in [-0.05, 0) is 49.3 Å². The van der Waals surface area contributed by atoms with Crippen molar-refractivity contribution in [1.29, 1.82) is 0 Å². The highest BCUT2D eigenvalue weighted by molar-refractivity contribution is 5.91. The fourth-order valence-corrected chi connectivity index (χ4v) is 12.9. The minimum absolute atomic E-state index is 0.0103. The molecule has 5 saturated carbocycles. The molecule has 7 aliphatic rings. The molecule has 8 rings (SSSR count). The molecule has 1 aromatic carbocycles. The fourth-order valence-electron chi connectivity index (χ4n) is 12.9. The molecule has 1 aromatic rings. The number of nitrogens with zero attached hydrogens (tertiary/aromatic N) is 1. The summed E-state index contributed by atoms with van der Waals surface area (Å²) >= 11 is 0.